The van der Waals surface area contributed by atoms with Crippen LogP contribution in [0.4, 0.5) is 0 Å². The lowest BCUT2D eigenvalue weighted by Crippen LogP contribution is -2.39. The van der Waals surface area contributed by atoms with Crippen LogP contribution in [0.15, 0.2) is 18.2 Å². The van der Waals surface area contributed by atoms with E-state index in [4.69, 9.17) is 10.5 Å². The summed E-state index contributed by atoms with van der Waals surface area (Å²) in [5.74, 6) is 1.39. The molecule has 2 rings (SSSR count). The summed E-state index contributed by atoms with van der Waals surface area (Å²) in [6, 6.07) is 5.92. The van der Waals surface area contributed by atoms with Crippen LogP contribution in [-0.4, -0.2) is 36.2 Å². The molecule has 3 N–H and O–H groups in total. The van der Waals surface area contributed by atoms with Crippen LogP contribution in [0, 0.1) is 5.92 Å². The topological polar surface area (TPSA) is 58.7 Å². The second-order valence-corrected chi connectivity index (χ2v) is 5.48. The fraction of sp³-hybridized carbons (Fsp3) is 0.600. The first-order valence-corrected chi connectivity index (χ1v) is 6.94. The van der Waals surface area contributed by atoms with Crippen molar-refractivity contribution in [2.24, 2.45) is 11.7 Å². The number of methoxy groups -OCH3 is 1. The Kier molecular flexibility index (Phi) is 6.59. The van der Waals surface area contributed by atoms with Gasteiger partial charge < -0.3 is 15.6 Å². The van der Waals surface area contributed by atoms with Crippen molar-refractivity contribution in [1.29, 1.82) is 0 Å². The number of aromatic hydroxyl groups is 1. The molecule has 1 unspecified atom stereocenters. The summed E-state index contributed by atoms with van der Waals surface area (Å²) in [7, 11) is 1.56. The molecule has 0 saturated carbocycles. The van der Waals surface area contributed by atoms with Crippen molar-refractivity contribution in [3.8, 4) is 11.5 Å². The molecule has 114 valence electrons. The van der Waals surface area contributed by atoms with Gasteiger partial charge in [-0.2, -0.15) is 0 Å². The van der Waals surface area contributed by atoms with Crippen molar-refractivity contribution in [2.75, 3.05) is 20.2 Å². The Morgan fingerprint density at radius 2 is 2.05 bits per heavy atom. The van der Waals surface area contributed by atoms with Gasteiger partial charge in [0.15, 0.2) is 11.5 Å². The number of phenols is 1. The van der Waals surface area contributed by atoms with Crippen molar-refractivity contribution in [2.45, 2.75) is 32.4 Å². The Labute approximate surface area is 127 Å². The van der Waals surface area contributed by atoms with Crippen molar-refractivity contribution in [3.05, 3.63) is 23.8 Å². The van der Waals surface area contributed by atoms with E-state index in [-0.39, 0.29) is 18.2 Å². The Balaban J connectivity index is 0.00000200. The standard InChI is InChI=1S/C15H24N2O2.ClH/c1-11(16)13-5-7-17(8-6-13)10-12-3-4-15(19-2)14(18)9-12;/h3-4,9,11,13,18H,5-8,10,16H2,1-2H3;1H. The van der Waals surface area contributed by atoms with E-state index in [1.807, 2.05) is 12.1 Å². The van der Waals surface area contributed by atoms with E-state index in [1.165, 1.54) is 12.8 Å². The minimum Gasteiger partial charge on any atom is -0.504 e. The predicted octanol–water partition coefficient (Wildman–Crippen LogP) is 2.38. The van der Waals surface area contributed by atoms with Gasteiger partial charge in [0.05, 0.1) is 7.11 Å². The average Bonchev–Trinajstić information content (AvgIpc) is 2.39. The van der Waals surface area contributed by atoms with Gasteiger partial charge in [0, 0.05) is 12.6 Å². The average molecular weight is 301 g/mol. The smallest absolute Gasteiger partial charge is 0.160 e. The first-order valence-electron chi connectivity index (χ1n) is 6.94. The van der Waals surface area contributed by atoms with E-state index in [0.717, 1.165) is 25.2 Å². The van der Waals surface area contributed by atoms with E-state index >= 15 is 0 Å². The van der Waals surface area contributed by atoms with Gasteiger partial charge >= 0.3 is 0 Å². The van der Waals surface area contributed by atoms with Crippen LogP contribution in [0.3, 0.4) is 0 Å². The maximum Gasteiger partial charge on any atom is 0.160 e. The maximum atomic E-state index is 9.78. The number of nitrogens with two attached hydrogens (primary N) is 1. The Bertz CT molecular complexity index is 418. The fourth-order valence-electron chi connectivity index (χ4n) is 2.73. The lowest BCUT2D eigenvalue weighted by molar-refractivity contribution is 0.165. The largest absolute Gasteiger partial charge is 0.504 e. The number of piperidine rings is 1. The van der Waals surface area contributed by atoms with E-state index < -0.39 is 0 Å². The summed E-state index contributed by atoms with van der Waals surface area (Å²) in [6.07, 6.45) is 2.33. The number of hydrogen-bond acceptors (Lipinski definition) is 4. The van der Waals surface area contributed by atoms with Crippen molar-refractivity contribution >= 4 is 12.4 Å². The minimum atomic E-state index is 0. The normalized spacial score (nSPS) is 18.4. The zero-order chi connectivity index (χ0) is 13.8. The molecule has 1 atom stereocenters. The summed E-state index contributed by atoms with van der Waals surface area (Å²) >= 11 is 0. The van der Waals surface area contributed by atoms with E-state index in [2.05, 4.69) is 11.8 Å². The SMILES string of the molecule is COc1ccc(CN2CCC(C(C)N)CC2)cc1O.Cl. The van der Waals surface area contributed by atoms with Gasteiger partial charge in [0.1, 0.15) is 0 Å². The van der Waals surface area contributed by atoms with Gasteiger partial charge in [-0.3, -0.25) is 4.90 Å². The molecule has 1 heterocycles. The molecule has 0 aromatic heterocycles. The molecule has 1 saturated heterocycles. The number of likely N-dealkylation sites (tertiary alicyclic amines) is 1. The van der Waals surface area contributed by atoms with Crippen LogP contribution in [0.25, 0.3) is 0 Å². The van der Waals surface area contributed by atoms with Crippen molar-refractivity contribution in [1.82, 2.24) is 4.90 Å². The Morgan fingerprint density at radius 1 is 1.40 bits per heavy atom. The highest BCUT2D eigenvalue weighted by atomic mass is 35.5. The molecule has 0 bridgehead atoms. The summed E-state index contributed by atoms with van der Waals surface area (Å²) in [6.45, 7) is 5.14. The Hall–Kier alpha value is -0.970. The van der Waals surface area contributed by atoms with Crippen LogP contribution in [-0.2, 0) is 6.54 Å². The monoisotopic (exact) mass is 300 g/mol. The lowest BCUT2D eigenvalue weighted by atomic mass is 9.91. The van der Waals surface area contributed by atoms with Crippen molar-refractivity contribution < 1.29 is 9.84 Å². The molecule has 0 amide bonds. The van der Waals surface area contributed by atoms with Gasteiger partial charge in [-0.1, -0.05) is 6.07 Å². The molecule has 0 aliphatic carbocycles. The number of hydrogen-bond donors (Lipinski definition) is 2. The summed E-state index contributed by atoms with van der Waals surface area (Å²) < 4.78 is 5.05. The highest BCUT2D eigenvalue weighted by molar-refractivity contribution is 5.85. The minimum absolute atomic E-state index is 0. The molecule has 4 nitrogen and oxygen atoms in total. The highest BCUT2D eigenvalue weighted by Crippen LogP contribution is 2.27. The molecule has 1 aliphatic rings. The summed E-state index contributed by atoms with van der Waals surface area (Å²) in [5, 5.41) is 9.78. The van der Waals surface area contributed by atoms with Gasteiger partial charge in [0.2, 0.25) is 0 Å². The third kappa shape index (κ3) is 4.27. The second-order valence-electron chi connectivity index (χ2n) is 5.48. The second kappa shape index (κ2) is 7.72. The molecule has 5 heteroatoms. The van der Waals surface area contributed by atoms with Gasteiger partial charge in [-0.25, -0.2) is 0 Å². The summed E-state index contributed by atoms with van der Waals surface area (Å²) in [4.78, 5) is 2.42. The van der Waals surface area contributed by atoms with Gasteiger partial charge in [0.25, 0.3) is 0 Å². The number of benzene rings is 1. The number of nitrogens with zero attached hydrogens (tertiary/aromatic N) is 1. The van der Waals surface area contributed by atoms with Crippen LogP contribution in [0.1, 0.15) is 25.3 Å². The van der Waals surface area contributed by atoms with Crippen LogP contribution in [0.5, 0.6) is 11.5 Å². The van der Waals surface area contributed by atoms with E-state index in [0.29, 0.717) is 17.7 Å². The quantitative estimate of drug-likeness (QED) is 0.896. The zero-order valence-electron chi connectivity index (χ0n) is 12.2. The molecule has 1 aromatic carbocycles. The lowest BCUT2D eigenvalue weighted by Gasteiger charge is -2.33. The van der Waals surface area contributed by atoms with Crippen LogP contribution >= 0.6 is 12.4 Å². The molecule has 1 aliphatic heterocycles. The molecular formula is C15H25ClN2O2. The van der Waals surface area contributed by atoms with Crippen LogP contribution in [0.2, 0.25) is 0 Å². The van der Waals surface area contributed by atoms with Gasteiger partial charge in [-0.05, 0) is 56.5 Å². The number of phenolic OH excluding ortho intramolecular Hbond substituents is 1. The third-order valence-electron chi connectivity index (χ3n) is 4.03. The third-order valence-corrected chi connectivity index (χ3v) is 4.03. The molecule has 1 aromatic rings. The molecule has 1 fully saturated rings. The first-order chi connectivity index (χ1) is 9.10. The van der Waals surface area contributed by atoms with Gasteiger partial charge in [-0.15, -0.1) is 12.4 Å². The fourth-order valence-corrected chi connectivity index (χ4v) is 2.73. The van der Waals surface area contributed by atoms with Crippen LogP contribution < -0.4 is 10.5 Å². The highest BCUT2D eigenvalue weighted by Gasteiger charge is 2.21. The first kappa shape index (κ1) is 17.1. The van der Waals surface area contributed by atoms with E-state index in [1.54, 1.807) is 13.2 Å². The van der Waals surface area contributed by atoms with E-state index in [9.17, 15) is 5.11 Å². The predicted molar refractivity (Wildman–Crippen MR) is 83.6 cm³/mol. The molecule has 20 heavy (non-hydrogen) atoms. The zero-order valence-corrected chi connectivity index (χ0v) is 13.0. The molecular weight excluding hydrogens is 276 g/mol. The Morgan fingerprint density at radius 3 is 2.55 bits per heavy atom. The molecule has 0 spiro atoms. The number of ether oxygens (including phenoxy) is 1. The summed E-state index contributed by atoms with van der Waals surface area (Å²) in [5.41, 5.74) is 7.07. The number of rotatable bonds is 4. The van der Waals surface area contributed by atoms with Crippen molar-refractivity contribution in [3.63, 3.8) is 0 Å². The molecule has 0 radical (unpaired) electrons. The maximum absolute atomic E-state index is 9.78. The number of halogens is 1.